The molecule has 1 fully saturated rings. The van der Waals surface area contributed by atoms with Gasteiger partial charge in [-0.2, -0.15) is 5.10 Å². The van der Waals surface area contributed by atoms with Crippen LogP contribution in [0, 0.1) is 11.7 Å². The summed E-state index contributed by atoms with van der Waals surface area (Å²) < 4.78 is 18.7. The summed E-state index contributed by atoms with van der Waals surface area (Å²) >= 11 is 1.46. The topological polar surface area (TPSA) is 118 Å². The Morgan fingerprint density at radius 3 is 2.79 bits per heavy atom. The van der Waals surface area contributed by atoms with Gasteiger partial charge in [-0.25, -0.2) is 9.37 Å². The highest BCUT2D eigenvalue weighted by Crippen LogP contribution is 2.33. The number of carbonyl (C=O) groups is 1. The Hall–Kier alpha value is -4.51. The molecule has 0 spiro atoms. The number of hydrogen-bond donors (Lipinski definition) is 2. The van der Waals surface area contributed by atoms with Crippen LogP contribution in [0.1, 0.15) is 30.5 Å². The molecule has 0 saturated heterocycles. The van der Waals surface area contributed by atoms with Crippen molar-refractivity contribution in [1.29, 1.82) is 0 Å². The van der Waals surface area contributed by atoms with Crippen LogP contribution in [-0.4, -0.2) is 45.6 Å². The Bertz CT molecular complexity index is 2150. The second-order valence-corrected chi connectivity index (χ2v) is 10.7. The number of thiophene rings is 1. The van der Waals surface area contributed by atoms with Gasteiger partial charge in [0.15, 0.2) is 11.5 Å². The Morgan fingerprint density at radius 1 is 1.00 bits per heavy atom. The molecule has 7 aromatic rings. The number of aromatic amines is 2. The summed E-state index contributed by atoms with van der Waals surface area (Å²) in [5.74, 6) is -0.583. The largest absolute Gasteiger partial charge is 0.336 e. The van der Waals surface area contributed by atoms with E-state index in [1.54, 1.807) is 35.4 Å². The molecule has 8 bridgehead atoms. The zero-order valence-corrected chi connectivity index (χ0v) is 20.7. The molecular formula is C27H19FN8OS. The van der Waals surface area contributed by atoms with Gasteiger partial charge in [0.2, 0.25) is 5.91 Å². The summed E-state index contributed by atoms with van der Waals surface area (Å²) in [6.07, 6.45) is 10.3. The fourth-order valence-corrected chi connectivity index (χ4v) is 6.58. The molecule has 0 atom stereocenters. The van der Waals surface area contributed by atoms with Gasteiger partial charge in [0.25, 0.3) is 0 Å². The highest BCUT2D eigenvalue weighted by atomic mass is 32.1. The molecule has 11 heteroatoms. The quantitative estimate of drug-likeness (QED) is 0.265. The van der Waals surface area contributed by atoms with Gasteiger partial charge in [0.1, 0.15) is 26.9 Å². The van der Waals surface area contributed by atoms with Crippen LogP contribution < -0.4 is 0 Å². The Labute approximate surface area is 217 Å². The number of rotatable bonds is 1. The standard InChI is InChI=1S/C27H19FN8OS/c28-21-20-17-12-31-22(21)14-9-15(11-29-10-14)36(27(37)13-3-1-2-4-13)19-6-5-18(38-19)24-23-16(7-8-30-24)32-26(33-23)25(20)35-34-17/h5-13H,1-4H2,(H,32,33)(H,34,35). The normalized spacial score (nSPS) is 14.6. The summed E-state index contributed by atoms with van der Waals surface area (Å²) in [4.78, 5) is 36.1. The summed E-state index contributed by atoms with van der Waals surface area (Å²) in [5, 5.41) is 7.99. The van der Waals surface area contributed by atoms with Crippen molar-refractivity contribution in [3.05, 3.63) is 54.9 Å². The van der Waals surface area contributed by atoms with Crippen LogP contribution in [0.15, 0.2) is 49.1 Å². The van der Waals surface area contributed by atoms with Crippen LogP contribution in [0.3, 0.4) is 0 Å². The number of hydrogen-bond acceptors (Lipinski definition) is 7. The van der Waals surface area contributed by atoms with Gasteiger partial charge >= 0.3 is 0 Å². The zero-order valence-electron chi connectivity index (χ0n) is 19.9. The maximum Gasteiger partial charge on any atom is 0.235 e. The first-order chi connectivity index (χ1) is 18.7. The number of H-pyrrole nitrogens is 2. The second-order valence-electron chi connectivity index (χ2n) is 9.65. The molecule has 0 radical (unpaired) electrons. The lowest BCUT2D eigenvalue weighted by atomic mass is 10.1. The lowest BCUT2D eigenvalue weighted by molar-refractivity contribution is 0.0847. The molecule has 186 valence electrons. The van der Waals surface area contributed by atoms with Crippen LogP contribution in [0.25, 0.3) is 64.6 Å². The van der Waals surface area contributed by atoms with Gasteiger partial charge in [-0.3, -0.25) is 29.4 Å². The average Bonchev–Trinajstić information content (AvgIpc) is 3.74. The van der Waals surface area contributed by atoms with Crippen molar-refractivity contribution in [2.45, 2.75) is 25.7 Å². The average molecular weight is 523 g/mol. The van der Waals surface area contributed by atoms with Crippen molar-refractivity contribution in [2.75, 3.05) is 0 Å². The third-order valence-electron chi connectivity index (χ3n) is 7.40. The van der Waals surface area contributed by atoms with Gasteiger partial charge in [0.05, 0.1) is 39.0 Å². The Balaban J connectivity index is 1.62. The molecule has 7 heterocycles. The van der Waals surface area contributed by atoms with E-state index in [4.69, 9.17) is 4.98 Å². The molecule has 0 unspecified atom stereocenters. The minimum absolute atomic E-state index is 0.0217. The van der Waals surface area contributed by atoms with E-state index in [2.05, 4.69) is 30.1 Å². The molecule has 8 rings (SSSR count). The smallest absolute Gasteiger partial charge is 0.235 e. The zero-order chi connectivity index (χ0) is 25.4. The number of halogens is 1. The first-order valence-electron chi connectivity index (χ1n) is 12.4. The molecule has 1 aliphatic carbocycles. The molecule has 2 N–H and O–H groups in total. The summed E-state index contributed by atoms with van der Waals surface area (Å²) in [7, 11) is 0. The summed E-state index contributed by atoms with van der Waals surface area (Å²) in [5.41, 5.74) is 4.01. The van der Waals surface area contributed by atoms with Crippen LogP contribution in [-0.2, 0) is 0 Å². The first-order valence-corrected chi connectivity index (χ1v) is 13.2. The van der Waals surface area contributed by atoms with Gasteiger partial charge in [-0.1, -0.05) is 12.8 Å². The van der Waals surface area contributed by atoms with E-state index in [-0.39, 0.29) is 22.7 Å². The number of nitrogens with one attached hydrogen (secondary N) is 2. The molecular weight excluding hydrogens is 503 g/mol. The molecule has 38 heavy (non-hydrogen) atoms. The predicted molar refractivity (Wildman–Crippen MR) is 145 cm³/mol. The van der Waals surface area contributed by atoms with E-state index in [1.807, 2.05) is 18.2 Å². The fraction of sp³-hybridized carbons (Fsp3) is 0.185. The minimum atomic E-state index is -0.537. The van der Waals surface area contributed by atoms with Crippen molar-refractivity contribution >= 4 is 81.8 Å². The summed E-state index contributed by atoms with van der Waals surface area (Å²) in [6.45, 7) is 0. The molecule has 7 aromatic heterocycles. The van der Waals surface area contributed by atoms with E-state index < -0.39 is 5.82 Å². The van der Waals surface area contributed by atoms with Crippen molar-refractivity contribution in [3.63, 3.8) is 0 Å². The summed E-state index contributed by atoms with van der Waals surface area (Å²) in [6, 6.07) is 7.50. The monoisotopic (exact) mass is 522 g/mol. The SMILES string of the molecule is O=C(C1CCCC1)n1c2cncc(c2)c2ncc3[nH]nc(c4nc5c(ccnc5c5ccc1s5)[nH]4)c3c2F. The van der Waals surface area contributed by atoms with E-state index in [0.717, 1.165) is 40.7 Å². The molecule has 9 nitrogen and oxygen atoms in total. The van der Waals surface area contributed by atoms with Gasteiger partial charge in [0, 0.05) is 23.7 Å². The molecule has 1 aliphatic rings. The number of pyridine rings is 3. The van der Waals surface area contributed by atoms with Gasteiger partial charge < -0.3 is 4.98 Å². The highest BCUT2D eigenvalue weighted by molar-refractivity contribution is 7.24. The molecule has 0 amide bonds. The van der Waals surface area contributed by atoms with E-state index >= 15 is 4.39 Å². The number of imidazole rings is 1. The Kier molecular flexibility index (Phi) is 4.54. The highest BCUT2D eigenvalue weighted by Gasteiger charge is 2.25. The Morgan fingerprint density at radius 2 is 1.89 bits per heavy atom. The van der Waals surface area contributed by atoms with Crippen molar-refractivity contribution in [3.8, 4) is 0 Å². The van der Waals surface area contributed by atoms with Crippen molar-refractivity contribution < 1.29 is 9.18 Å². The van der Waals surface area contributed by atoms with E-state index in [1.165, 1.54) is 11.3 Å². The lowest BCUT2D eigenvalue weighted by Crippen LogP contribution is -2.19. The van der Waals surface area contributed by atoms with Crippen molar-refractivity contribution in [2.24, 2.45) is 5.92 Å². The van der Waals surface area contributed by atoms with Gasteiger partial charge in [-0.05, 0) is 37.1 Å². The van der Waals surface area contributed by atoms with E-state index in [0.29, 0.717) is 38.6 Å². The van der Waals surface area contributed by atoms with Crippen molar-refractivity contribution in [1.82, 2.24) is 39.7 Å². The molecule has 0 aromatic carbocycles. The third kappa shape index (κ3) is 3.08. The van der Waals surface area contributed by atoms with Crippen LogP contribution in [0.2, 0.25) is 0 Å². The molecule has 1 saturated carbocycles. The van der Waals surface area contributed by atoms with Crippen LogP contribution >= 0.6 is 11.3 Å². The fourth-order valence-electron chi connectivity index (χ4n) is 5.55. The lowest BCUT2D eigenvalue weighted by Gasteiger charge is -2.12. The molecule has 0 aliphatic heterocycles. The first kappa shape index (κ1) is 21.6. The number of aromatic nitrogens is 8. The van der Waals surface area contributed by atoms with Gasteiger partial charge in [-0.15, -0.1) is 11.3 Å². The second kappa shape index (κ2) is 7.99. The number of nitrogens with zero attached hydrogens (tertiary/aromatic N) is 6. The van der Waals surface area contributed by atoms with Crippen LogP contribution in [0.5, 0.6) is 0 Å². The minimum Gasteiger partial charge on any atom is -0.336 e. The number of fused-ring (bicyclic) bond motifs is 9. The number of carbonyl (C=O) groups excluding carboxylic acids is 1. The third-order valence-corrected chi connectivity index (χ3v) is 8.47. The van der Waals surface area contributed by atoms with Crippen LogP contribution in [0.4, 0.5) is 4.39 Å². The predicted octanol–water partition coefficient (Wildman–Crippen LogP) is 6.19. The maximum atomic E-state index is 16.1. The van der Waals surface area contributed by atoms with E-state index in [9.17, 15) is 4.79 Å². The maximum absolute atomic E-state index is 16.1.